The van der Waals surface area contributed by atoms with E-state index in [-0.39, 0.29) is 11.3 Å². The second-order valence-corrected chi connectivity index (χ2v) is 5.14. The maximum Gasteiger partial charge on any atom is 0.259 e. The number of nitriles is 1. The summed E-state index contributed by atoms with van der Waals surface area (Å²) in [7, 11) is 0. The molecule has 0 bridgehead atoms. The van der Waals surface area contributed by atoms with Gasteiger partial charge in [0.05, 0.1) is 16.8 Å². The van der Waals surface area contributed by atoms with Crippen molar-refractivity contribution in [2.45, 2.75) is 6.92 Å². The number of hydrogen-bond acceptors (Lipinski definition) is 3. The summed E-state index contributed by atoms with van der Waals surface area (Å²) in [4.78, 5) is 12.1. The molecule has 0 unspecified atom stereocenters. The third kappa shape index (κ3) is 2.81. The number of phenols is 1. The topological polar surface area (TPSA) is 73.1 Å². The molecule has 100 valence electrons. The molecule has 0 fully saturated rings. The van der Waals surface area contributed by atoms with Crippen LogP contribution in [0.2, 0.25) is 0 Å². The van der Waals surface area contributed by atoms with Gasteiger partial charge in [0.15, 0.2) is 0 Å². The largest absolute Gasteiger partial charge is 0.507 e. The molecule has 0 aliphatic rings. The van der Waals surface area contributed by atoms with Gasteiger partial charge in [-0.3, -0.25) is 4.79 Å². The third-order valence-electron chi connectivity index (χ3n) is 2.83. The minimum absolute atomic E-state index is 0.0550. The number of hydrogen-bond donors (Lipinski definition) is 2. The molecule has 0 aliphatic carbocycles. The van der Waals surface area contributed by atoms with Gasteiger partial charge in [-0.2, -0.15) is 5.26 Å². The van der Waals surface area contributed by atoms with Crippen LogP contribution in [-0.2, 0) is 0 Å². The van der Waals surface area contributed by atoms with Gasteiger partial charge in [-0.1, -0.05) is 28.1 Å². The van der Waals surface area contributed by atoms with E-state index in [4.69, 9.17) is 5.26 Å². The SMILES string of the molecule is Cc1cccc(C(=O)Nc2ccc(Br)cc2C#N)c1O. The number of carbonyl (C=O) groups excluding carboxylic acids is 1. The molecule has 5 heteroatoms. The van der Waals surface area contributed by atoms with Gasteiger partial charge >= 0.3 is 0 Å². The van der Waals surface area contributed by atoms with Crippen molar-refractivity contribution in [3.8, 4) is 11.8 Å². The lowest BCUT2D eigenvalue weighted by molar-refractivity contribution is 0.102. The fourth-order valence-corrected chi connectivity index (χ4v) is 2.11. The van der Waals surface area contributed by atoms with Crippen molar-refractivity contribution in [2.24, 2.45) is 0 Å². The first-order valence-electron chi connectivity index (χ1n) is 5.82. The van der Waals surface area contributed by atoms with Gasteiger partial charge < -0.3 is 10.4 Å². The van der Waals surface area contributed by atoms with E-state index in [1.807, 2.05) is 6.07 Å². The number of halogens is 1. The van der Waals surface area contributed by atoms with Crippen molar-refractivity contribution in [2.75, 3.05) is 5.32 Å². The van der Waals surface area contributed by atoms with Crippen molar-refractivity contribution < 1.29 is 9.90 Å². The number of aryl methyl sites for hydroxylation is 1. The molecule has 2 aromatic carbocycles. The smallest absolute Gasteiger partial charge is 0.259 e. The number of aromatic hydroxyl groups is 1. The summed E-state index contributed by atoms with van der Waals surface area (Å²) in [5, 5.41) is 21.6. The Labute approximate surface area is 124 Å². The Morgan fingerprint density at radius 2 is 2.10 bits per heavy atom. The Hall–Kier alpha value is -2.32. The Bertz CT molecular complexity index is 720. The maximum absolute atomic E-state index is 12.1. The van der Waals surface area contributed by atoms with Crippen LogP contribution in [0.1, 0.15) is 21.5 Å². The standard InChI is InChI=1S/C15H11BrN2O2/c1-9-3-2-4-12(14(9)19)15(20)18-13-6-5-11(16)7-10(13)8-17/h2-7,19H,1H3,(H,18,20). The summed E-state index contributed by atoms with van der Waals surface area (Å²) in [5.41, 5.74) is 1.55. The lowest BCUT2D eigenvalue weighted by Crippen LogP contribution is -2.13. The molecule has 0 spiro atoms. The van der Waals surface area contributed by atoms with Gasteiger partial charge in [-0.15, -0.1) is 0 Å². The van der Waals surface area contributed by atoms with E-state index in [1.54, 1.807) is 37.3 Å². The predicted octanol–water partition coefficient (Wildman–Crippen LogP) is 3.59. The highest BCUT2D eigenvalue weighted by atomic mass is 79.9. The Morgan fingerprint density at radius 3 is 2.80 bits per heavy atom. The second kappa shape index (κ2) is 5.76. The van der Waals surface area contributed by atoms with Crippen molar-refractivity contribution in [3.05, 3.63) is 57.6 Å². The summed E-state index contributed by atoms with van der Waals surface area (Å²) >= 11 is 3.27. The van der Waals surface area contributed by atoms with Crippen LogP contribution in [0.3, 0.4) is 0 Å². The zero-order valence-electron chi connectivity index (χ0n) is 10.6. The molecule has 1 amide bonds. The van der Waals surface area contributed by atoms with E-state index in [0.717, 1.165) is 4.47 Å². The maximum atomic E-state index is 12.1. The van der Waals surface area contributed by atoms with Gasteiger partial charge in [0.25, 0.3) is 5.91 Å². The minimum Gasteiger partial charge on any atom is -0.507 e. The number of amides is 1. The second-order valence-electron chi connectivity index (χ2n) is 4.23. The van der Waals surface area contributed by atoms with E-state index in [9.17, 15) is 9.90 Å². The van der Waals surface area contributed by atoms with E-state index in [0.29, 0.717) is 16.8 Å². The molecule has 0 aromatic heterocycles. The predicted molar refractivity (Wildman–Crippen MR) is 79.7 cm³/mol. The van der Waals surface area contributed by atoms with Crippen LogP contribution in [-0.4, -0.2) is 11.0 Å². The molecule has 2 N–H and O–H groups in total. The number of nitrogens with zero attached hydrogens (tertiary/aromatic N) is 1. The van der Waals surface area contributed by atoms with Crippen molar-refractivity contribution in [3.63, 3.8) is 0 Å². The van der Waals surface area contributed by atoms with Crippen LogP contribution >= 0.6 is 15.9 Å². The summed E-state index contributed by atoms with van der Waals surface area (Å²) in [6.45, 7) is 1.71. The zero-order valence-corrected chi connectivity index (χ0v) is 12.2. The number of anilines is 1. The van der Waals surface area contributed by atoms with Crippen LogP contribution in [0.4, 0.5) is 5.69 Å². The molecule has 0 saturated carbocycles. The molecule has 2 aromatic rings. The fraction of sp³-hybridized carbons (Fsp3) is 0.0667. The number of nitrogens with one attached hydrogen (secondary N) is 1. The monoisotopic (exact) mass is 330 g/mol. The molecular formula is C15H11BrN2O2. The summed E-state index contributed by atoms with van der Waals surface area (Å²) < 4.78 is 0.755. The van der Waals surface area contributed by atoms with Crippen LogP contribution in [0.5, 0.6) is 5.75 Å². The highest BCUT2D eigenvalue weighted by molar-refractivity contribution is 9.10. The lowest BCUT2D eigenvalue weighted by Gasteiger charge is -2.09. The van der Waals surface area contributed by atoms with Gasteiger partial charge in [0.2, 0.25) is 0 Å². The molecular weight excluding hydrogens is 320 g/mol. The number of para-hydroxylation sites is 1. The highest BCUT2D eigenvalue weighted by Crippen LogP contribution is 2.24. The molecule has 0 aliphatic heterocycles. The molecule has 20 heavy (non-hydrogen) atoms. The van der Waals surface area contributed by atoms with Crippen molar-refractivity contribution in [1.29, 1.82) is 5.26 Å². The molecule has 2 rings (SSSR count). The van der Waals surface area contributed by atoms with Crippen LogP contribution in [0.15, 0.2) is 40.9 Å². The molecule has 0 heterocycles. The molecule has 0 saturated heterocycles. The quantitative estimate of drug-likeness (QED) is 0.883. The number of phenolic OH excluding ortho intramolecular Hbond substituents is 1. The van der Waals surface area contributed by atoms with Crippen LogP contribution in [0.25, 0.3) is 0 Å². The molecule has 0 radical (unpaired) electrons. The number of carbonyl (C=O) groups is 1. The van der Waals surface area contributed by atoms with E-state index in [1.165, 1.54) is 6.07 Å². The van der Waals surface area contributed by atoms with E-state index >= 15 is 0 Å². The summed E-state index contributed by atoms with van der Waals surface area (Å²) in [6.07, 6.45) is 0. The zero-order chi connectivity index (χ0) is 14.7. The van der Waals surface area contributed by atoms with Crippen LogP contribution < -0.4 is 5.32 Å². The minimum atomic E-state index is -0.454. The first kappa shape index (κ1) is 14.1. The summed E-state index contributed by atoms with van der Waals surface area (Å²) in [5.74, 6) is -0.509. The van der Waals surface area contributed by atoms with E-state index < -0.39 is 5.91 Å². The normalized spacial score (nSPS) is 9.85. The van der Waals surface area contributed by atoms with Gasteiger partial charge in [0, 0.05) is 4.47 Å². The average Bonchev–Trinajstić information content (AvgIpc) is 2.43. The van der Waals surface area contributed by atoms with Gasteiger partial charge in [-0.05, 0) is 36.8 Å². The molecule has 4 nitrogen and oxygen atoms in total. The number of benzene rings is 2. The average molecular weight is 331 g/mol. The van der Waals surface area contributed by atoms with Crippen molar-refractivity contribution >= 4 is 27.5 Å². The Balaban J connectivity index is 2.33. The lowest BCUT2D eigenvalue weighted by atomic mass is 10.1. The first-order valence-corrected chi connectivity index (χ1v) is 6.62. The first-order chi connectivity index (χ1) is 9.52. The van der Waals surface area contributed by atoms with Gasteiger partial charge in [-0.25, -0.2) is 0 Å². The fourth-order valence-electron chi connectivity index (χ4n) is 1.75. The Morgan fingerprint density at radius 1 is 1.35 bits per heavy atom. The summed E-state index contributed by atoms with van der Waals surface area (Å²) in [6, 6.07) is 11.9. The Kier molecular flexibility index (Phi) is 4.06. The third-order valence-corrected chi connectivity index (χ3v) is 3.33. The number of rotatable bonds is 2. The highest BCUT2D eigenvalue weighted by Gasteiger charge is 2.14. The molecule has 0 atom stereocenters. The van der Waals surface area contributed by atoms with Gasteiger partial charge in [0.1, 0.15) is 11.8 Å². The van der Waals surface area contributed by atoms with E-state index in [2.05, 4.69) is 21.2 Å². The van der Waals surface area contributed by atoms with Crippen LogP contribution in [0, 0.1) is 18.3 Å². The van der Waals surface area contributed by atoms with Crippen molar-refractivity contribution in [1.82, 2.24) is 0 Å².